The topological polar surface area (TPSA) is 91.9 Å². The van der Waals surface area contributed by atoms with Gasteiger partial charge in [-0.1, -0.05) is 0 Å². The minimum Gasteiger partial charge on any atom is -0.497 e. The highest BCUT2D eigenvalue weighted by atomic mass is 32.2. The van der Waals surface area contributed by atoms with E-state index in [2.05, 4.69) is 10.5 Å². The molecule has 0 unspecified atom stereocenters. The minimum atomic E-state index is -3.90. The van der Waals surface area contributed by atoms with Crippen LogP contribution in [0.4, 0.5) is 5.69 Å². The molecule has 0 aliphatic rings. The maximum atomic E-state index is 10.7. The molecule has 2 rings (SSSR count). The SMILES string of the molecule is COc1ccc(NN=Cc2cc[n+](CCCS(=O)(=O)O)cc2)cc1. The first kappa shape index (κ1) is 17.9. The summed E-state index contributed by atoms with van der Waals surface area (Å²) in [5.74, 6) is 0.542. The molecular formula is C16H20N3O4S+. The van der Waals surface area contributed by atoms with Gasteiger partial charge in [-0.3, -0.25) is 9.98 Å². The fraction of sp³-hybridized carbons (Fsp3) is 0.250. The van der Waals surface area contributed by atoms with Crippen molar-refractivity contribution < 1.29 is 22.3 Å². The predicted octanol–water partition coefficient (Wildman–Crippen LogP) is 1.71. The van der Waals surface area contributed by atoms with E-state index in [9.17, 15) is 8.42 Å². The fourth-order valence-corrected chi connectivity index (χ4v) is 2.47. The molecule has 0 amide bonds. The smallest absolute Gasteiger partial charge is 0.265 e. The Morgan fingerprint density at radius 3 is 2.46 bits per heavy atom. The molecule has 0 spiro atoms. The predicted molar refractivity (Wildman–Crippen MR) is 91.9 cm³/mol. The molecule has 1 aromatic heterocycles. The lowest BCUT2D eigenvalue weighted by atomic mass is 10.3. The summed E-state index contributed by atoms with van der Waals surface area (Å²) in [5, 5.41) is 4.15. The number of hydrogen-bond acceptors (Lipinski definition) is 5. The molecule has 1 aromatic carbocycles. The van der Waals surface area contributed by atoms with E-state index in [0.717, 1.165) is 17.0 Å². The molecule has 7 nitrogen and oxygen atoms in total. The van der Waals surface area contributed by atoms with E-state index >= 15 is 0 Å². The summed E-state index contributed by atoms with van der Waals surface area (Å²) in [7, 11) is -2.28. The number of pyridine rings is 1. The van der Waals surface area contributed by atoms with Gasteiger partial charge in [-0.25, -0.2) is 4.57 Å². The number of ether oxygens (including phenoxy) is 1. The molecule has 0 radical (unpaired) electrons. The first-order chi connectivity index (χ1) is 11.5. The average Bonchev–Trinajstić information content (AvgIpc) is 2.56. The molecule has 24 heavy (non-hydrogen) atoms. The molecule has 0 aliphatic carbocycles. The van der Waals surface area contributed by atoms with Crippen molar-refractivity contribution in [2.24, 2.45) is 5.10 Å². The molecule has 0 bridgehead atoms. The summed E-state index contributed by atoms with van der Waals surface area (Å²) in [6.07, 6.45) is 5.71. The van der Waals surface area contributed by atoms with E-state index < -0.39 is 10.1 Å². The van der Waals surface area contributed by atoms with Crippen molar-refractivity contribution in [2.45, 2.75) is 13.0 Å². The molecule has 8 heteroatoms. The zero-order valence-corrected chi connectivity index (χ0v) is 14.1. The molecule has 0 saturated heterocycles. The number of anilines is 1. The summed E-state index contributed by atoms with van der Waals surface area (Å²) in [6, 6.07) is 11.2. The lowest BCUT2D eigenvalue weighted by molar-refractivity contribution is -0.696. The summed E-state index contributed by atoms with van der Waals surface area (Å²) >= 11 is 0. The number of aromatic nitrogens is 1. The molecule has 2 N–H and O–H groups in total. The van der Waals surface area contributed by atoms with Gasteiger partial charge in [0.1, 0.15) is 12.3 Å². The van der Waals surface area contributed by atoms with Crippen LogP contribution in [0.1, 0.15) is 12.0 Å². The highest BCUT2D eigenvalue weighted by molar-refractivity contribution is 7.85. The molecule has 0 aliphatic heterocycles. The van der Waals surface area contributed by atoms with Crippen LogP contribution in [-0.2, 0) is 16.7 Å². The maximum Gasteiger partial charge on any atom is 0.265 e. The molecule has 128 valence electrons. The van der Waals surface area contributed by atoms with Gasteiger partial charge in [0.05, 0.1) is 24.8 Å². The number of rotatable bonds is 8. The van der Waals surface area contributed by atoms with Crippen LogP contribution in [0.5, 0.6) is 5.75 Å². The summed E-state index contributed by atoms with van der Waals surface area (Å²) in [6.45, 7) is 0.515. The lowest BCUT2D eigenvalue weighted by Crippen LogP contribution is -2.33. The van der Waals surface area contributed by atoms with Crippen LogP contribution < -0.4 is 14.7 Å². The van der Waals surface area contributed by atoms with Gasteiger partial charge in [0.25, 0.3) is 10.1 Å². The van der Waals surface area contributed by atoms with Crippen LogP contribution in [0, 0.1) is 0 Å². The number of benzene rings is 1. The van der Waals surface area contributed by atoms with Crippen molar-refractivity contribution in [3.05, 3.63) is 54.4 Å². The van der Waals surface area contributed by atoms with Crippen molar-refractivity contribution in [3.63, 3.8) is 0 Å². The fourth-order valence-electron chi connectivity index (χ4n) is 1.98. The van der Waals surface area contributed by atoms with Crippen LogP contribution in [0.3, 0.4) is 0 Å². The monoisotopic (exact) mass is 350 g/mol. The molecule has 0 fully saturated rings. The average molecular weight is 350 g/mol. The highest BCUT2D eigenvalue weighted by Gasteiger charge is 2.07. The van der Waals surface area contributed by atoms with E-state index in [1.807, 2.05) is 53.4 Å². The maximum absolute atomic E-state index is 10.7. The second kappa shape index (κ2) is 8.42. The van der Waals surface area contributed by atoms with E-state index in [-0.39, 0.29) is 5.75 Å². The van der Waals surface area contributed by atoms with Crippen LogP contribution >= 0.6 is 0 Å². The number of aryl methyl sites for hydroxylation is 1. The number of hydrogen-bond donors (Lipinski definition) is 2. The number of methoxy groups -OCH3 is 1. The molecule has 0 atom stereocenters. The first-order valence-corrected chi connectivity index (χ1v) is 8.94. The Kier molecular flexibility index (Phi) is 6.28. The third kappa shape index (κ3) is 6.35. The van der Waals surface area contributed by atoms with Gasteiger partial charge in [0, 0.05) is 24.1 Å². The third-order valence-electron chi connectivity index (χ3n) is 3.23. The van der Waals surface area contributed by atoms with Crippen molar-refractivity contribution in [2.75, 3.05) is 18.3 Å². The zero-order chi connectivity index (χ0) is 17.4. The molecule has 0 saturated carbocycles. The molecular weight excluding hydrogens is 330 g/mol. The van der Waals surface area contributed by atoms with E-state index in [0.29, 0.717) is 13.0 Å². The Morgan fingerprint density at radius 2 is 1.88 bits per heavy atom. The lowest BCUT2D eigenvalue weighted by Gasteiger charge is -2.02. The Bertz CT molecular complexity index is 772. The van der Waals surface area contributed by atoms with E-state index in [1.165, 1.54) is 0 Å². The van der Waals surface area contributed by atoms with Gasteiger partial charge in [0.2, 0.25) is 0 Å². The Labute approximate surface area is 141 Å². The van der Waals surface area contributed by atoms with Gasteiger partial charge in [0.15, 0.2) is 12.4 Å². The zero-order valence-electron chi connectivity index (χ0n) is 13.3. The Hall–Kier alpha value is -2.45. The standard InChI is InChI=1S/C16H19N3O4S/c1-23-16-5-3-15(4-6-16)18-17-13-14-7-10-19(11-8-14)9-2-12-24(20,21)22/h3-8,10-11,13H,2,9,12H2,1H3,(H,20,21,22)/p+1. The van der Waals surface area contributed by atoms with Crippen molar-refractivity contribution in [1.82, 2.24) is 0 Å². The van der Waals surface area contributed by atoms with Crippen LogP contribution in [0.25, 0.3) is 0 Å². The van der Waals surface area contributed by atoms with Crippen molar-refractivity contribution in [1.29, 1.82) is 0 Å². The number of nitrogens with one attached hydrogen (secondary N) is 1. The van der Waals surface area contributed by atoms with Crippen LogP contribution in [-0.4, -0.2) is 32.0 Å². The summed E-state index contributed by atoms with van der Waals surface area (Å²) < 4.78 is 36.9. The highest BCUT2D eigenvalue weighted by Crippen LogP contribution is 2.14. The second-order valence-electron chi connectivity index (χ2n) is 5.11. The quantitative estimate of drug-likeness (QED) is 0.327. The van der Waals surface area contributed by atoms with Crippen molar-refractivity contribution in [3.8, 4) is 5.75 Å². The number of nitrogens with zero attached hydrogens (tertiary/aromatic N) is 2. The van der Waals surface area contributed by atoms with E-state index in [4.69, 9.17) is 9.29 Å². The molecule has 1 heterocycles. The van der Waals surface area contributed by atoms with Crippen LogP contribution in [0.2, 0.25) is 0 Å². The Balaban J connectivity index is 1.84. The van der Waals surface area contributed by atoms with Gasteiger partial charge in [-0.05, 0) is 24.3 Å². The summed E-state index contributed by atoms with van der Waals surface area (Å²) in [5.41, 5.74) is 4.68. The van der Waals surface area contributed by atoms with Crippen LogP contribution in [0.15, 0.2) is 53.9 Å². The Morgan fingerprint density at radius 1 is 1.21 bits per heavy atom. The first-order valence-electron chi connectivity index (χ1n) is 7.34. The van der Waals surface area contributed by atoms with Gasteiger partial charge in [-0.2, -0.15) is 13.5 Å². The third-order valence-corrected chi connectivity index (χ3v) is 4.04. The van der Waals surface area contributed by atoms with Gasteiger partial charge in [-0.15, -0.1) is 0 Å². The van der Waals surface area contributed by atoms with Gasteiger partial charge >= 0.3 is 0 Å². The minimum absolute atomic E-state index is 0.241. The van der Waals surface area contributed by atoms with Crippen molar-refractivity contribution >= 4 is 22.0 Å². The number of hydrazone groups is 1. The largest absolute Gasteiger partial charge is 0.497 e. The molecule has 2 aromatic rings. The van der Waals surface area contributed by atoms with Gasteiger partial charge < -0.3 is 4.74 Å². The second-order valence-corrected chi connectivity index (χ2v) is 6.68. The van der Waals surface area contributed by atoms with E-state index in [1.54, 1.807) is 13.3 Å². The summed E-state index contributed by atoms with van der Waals surface area (Å²) in [4.78, 5) is 0. The normalized spacial score (nSPS) is 11.6.